The third-order valence-electron chi connectivity index (χ3n) is 3.22. The molecule has 3 rings (SSSR count). The second-order valence-corrected chi connectivity index (χ2v) is 5.96. The second-order valence-electron chi connectivity index (χ2n) is 4.39. The van der Waals surface area contributed by atoms with Gasteiger partial charge in [0.25, 0.3) is 0 Å². The van der Waals surface area contributed by atoms with Crippen molar-refractivity contribution in [2.24, 2.45) is 0 Å². The van der Waals surface area contributed by atoms with E-state index in [1.807, 2.05) is 12.1 Å². The first-order valence-electron chi connectivity index (χ1n) is 5.78. The second kappa shape index (κ2) is 5.06. The zero-order valence-corrected chi connectivity index (χ0v) is 12.8. The van der Waals surface area contributed by atoms with E-state index < -0.39 is 0 Å². The average Bonchev–Trinajstić information content (AvgIpc) is 2.83. The monoisotopic (exact) mass is 331 g/mol. The van der Waals surface area contributed by atoms with E-state index in [2.05, 4.69) is 11.4 Å². The van der Waals surface area contributed by atoms with Gasteiger partial charge in [0.15, 0.2) is 0 Å². The van der Waals surface area contributed by atoms with E-state index in [-0.39, 0.29) is 0 Å². The highest BCUT2D eigenvalue weighted by Gasteiger charge is 2.17. The lowest BCUT2D eigenvalue weighted by atomic mass is 10.0. The Bertz CT molecular complexity index is 667. The SMILES string of the molecule is Clc1cc(Cl)c(-c2ccc3c(c2)NCC3)c(Cl)c1Cl. The Morgan fingerprint density at radius 3 is 2.47 bits per heavy atom. The number of anilines is 1. The maximum absolute atomic E-state index is 6.27. The largest absolute Gasteiger partial charge is 0.384 e. The minimum Gasteiger partial charge on any atom is -0.384 e. The molecule has 0 atom stereocenters. The molecular weight excluding hydrogens is 324 g/mol. The number of hydrogen-bond donors (Lipinski definition) is 1. The Balaban J connectivity index is 2.20. The smallest absolute Gasteiger partial charge is 0.0785 e. The number of benzene rings is 2. The van der Waals surface area contributed by atoms with E-state index in [1.165, 1.54) is 5.56 Å². The summed E-state index contributed by atoms with van der Waals surface area (Å²) in [6.07, 6.45) is 1.04. The van der Waals surface area contributed by atoms with Gasteiger partial charge in [-0.2, -0.15) is 0 Å². The van der Waals surface area contributed by atoms with Crippen LogP contribution in [0.5, 0.6) is 0 Å². The lowest BCUT2D eigenvalue weighted by Gasteiger charge is -2.11. The molecule has 0 bridgehead atoms. The van der Waals surface area contributed by atoms with Crippen LogP contribution >= 0.6 is 46.4 Å². The predicted molar refractivity (Wildman–Crippen MR) is 84.1 cm³/mol. The average molecular weight is 333 g/mol. The molecule has 0 aromatic heterocycles. The third-order valence-corrected chi connectivity index (χ3v) is 4.78. The summed E-state index contributed by atoms with van der Waals surface area (Å²) in [4.78, 5) is 0. The molecule has 2 aromatic rings. The first-order valence-corrected chi connectivity index (χ1v) is 7.29. The summed E-state index contributed by atoms with van der Waals surface area (Å²) in [6.45, 7) is 0.960. The van der Waals surface area contributed by atoms with Gasteiger partial charge in [-0.15, -0.1) is 0 Å². The zero-order chi connectivity index (χ0) is 13.6. The quantitative estimate of drug-likeness (QED) is 0.503. The van der Waals surface area contributed by atoms with Gasteiger partial charge in [0, 0.05) is 17.8 Å². The molecule has 2 aromatic carbocycles. The molecule has 0 saturated carbocycles. The van der Waals surface area contributed by atoms with Crippen molar-refractivity contribution < 1.29 is 0 Å². The van der Waals surface area contributed by atoms with Crippen LogP contribution in [0.15, 0.2) is 24.3 Å². The number of hydrogen-bond acceptors (Lipinski definition) is 1. The Morgan fingerprint density at radius 2 is 1.68 bits per heavy atom. The van der Waals surface area contributed by atoms with Crippen LogP contribution in [0.4, 0.5) is 5.69 Å². The van der Waals surface area contributed by atoms with Crippen LogP contribution < -0.4 is 5.32 Å². The lowest BCUT2D eigenvalue weighted by Crippen LogP contribution is -1.91. The van der Waals surface area contributed by atoms with Crippen molar-refractivity contribution >= 4 is 52.1 Å². The molecule has 0 aliphatic carbocycles. The summed E-state index contributed by atoms with van der Waals surface area (Å²) in [5.74, 6) is 0. The zero-order valence-electron chi connectivity index (χ0n) is 9.74. The number of rotatable bonds is 1. The summed E-state index contributed by atoms with van der Waals surface area (Å²) in [7, 11) is 0. The minimum atomic E-state index is 0.330. The van der Waals surface area contributed by atoms with Crippen molar-refractivity contribution in [3.8, 4) is 11.1 Å². The van der Waals surface area contributed by atoms with Crippen molar-refractivity contribution in [2.75, 3.05) is 11.9 Å². The fourth-order valence-electron chi connectivity index (χ4n) is 2.28. The molecule has 0 fully saturated rings. The lowest BCUT2D eigenvalue weighted by molar-refractivity contribution is 1.11. The summed E-state index contributed by atoms with van der Waals surface area (Å²) in [5, 5.41) is 4.90. The van der Waals surface area contributed by atoms with Gasteiger partial charge in [0.05, 0.1) is 20.1 Å². The van der Waals surface area contributed by atoms with E-state index >= 15 is 0 Å². The first-order chi connectivity index (χ1) is 9.08. The number of fused-ring (bicyclic) bond motifs is 1. The summed E-state index contributed by atoms with van der Waals surface area (Å²) < 4.78 is 0. The maximum Gasteiger partial charge on any atom is 0.0785 e. The van der Waals surface area contributed by atoms with Crippen LogP contribution in [0.2, 0.25) is 20.1 Å². The van der Waals surface area contributed by atoms with Crippen LogP contribution in [-0.4, -0.2) is 6.54 Å². The van der Waals surface area contributed by atoms with Crippen LogP contribution in [0.1, 0.15) is 5.56 Å². The van der Waals surface area contributed by atoms with Crippen LogP contribution in [-0.2, 0) is 6.42 Å². The van der Waals surface area contributed by atoms with Crippen LogP contribution in [0, 0.1) is 0 Å². The highest BCUT2D eigenvalue weighted by Crippen LogP contribution is 2.44. The van der Waals surface area contributed by atoms with Crippen molar-refractivity contribution in [3.63, 3.8) is 0 Å². The van der Waals surface area contributed by atoms with Crippen LogP contribution in [0.25, 0.3) is 11.1 Å². The molecule has 5 heteroatoms. The molecule has 1 aliphatic rings. The number of nitrogens with one attached hydrogen (secondary N) is 1. The fourth-order valence-corrected chi connectivity index (χ4v) is 3.41. The molecular formula is C14H9Cl4N. The van der Waals surface area contributed by atoms with Gasteiger partial charge in [-0.3, -0.25) is 0 Å². The van der Waals surface area contributed by atoms with Crippen molar-refractivity contribution in [1.29, 1.82) is 0 Å². The van der Waals surface area contributed by atoms with E-state index in [0.29, 0.717) is 25.7 Å². The fraction of sp³-hybridized carbons (Fsp3) is 0.143. The predicted octanol–water partition coefficient (Wildman–Crippen LogP) is 5.94. The molecule has 98 valence electrons. The van der Waals surface area contributed by atoms with E-state index in [0.717, 1.165) is 24.2 Å². The molecule has 19 heavy (non-hydrogen) atoms. The molecule has 0 unspecified atom stereocenters. The molecule has 1 N–H and O–H groups in total. The highest BCUT2D eigenvalue weighted by atomic mass is 35.5. The van der Waals surface area contributed by atoms with Gasteiger partial charge in [-0.1, -0.05) is 58.5 Å². The Morgan fingerprint density at radius 1 is 0.895 bits per heavy atom. The Hall–Kier alpha value is -0.600. The van der Waals surface area contributed by atoms with Gasteiger partial charge < -0.3 is 5.32 Å². The summed E-state index contributed by atoms with van der Waals surface area (Å²) >= 11 is 24.6. The number of halogens is 4. The van der Waals surface area contributed by atoms with E-state index in [4.69, 9.17) is 46.4 Å². The maximum atomic E-state index is 6.27. The normalized spacial score (nSPS) is 13.3. The standard InChI is InChI=1S/C14H9Cl4N/c15-9-6-10(16)13(17)14(18)12(9)8-2-1-7-3-4-19-11(7)5-8/h1-2,5-6,19H,3-4H2. The van der Waals surface area contributed by atoms with Gasteiger partial charge in [-0.25, -0.2) is 0 Å². The minimum absolute atomic E-state index is 0.330. The van der Waals surface area contributed by atoms with Gasteiger partial charge >= 0.3 is 0 Å². The molecule has 0 radical (unpaired) electrons. The highest BCUT2D eigenvalue weighted by molar-refractivity contribution is 6.51. The summed E-state index contributed by atoms with van der Waals surface area (Å²) in [5.41, 5.74) is 4.07. The topological polar surface area (TPSA) is 12.0 Å². The molecule has 1 nitrogen and oxygen atoms in total. The van der Waals surface area contributed by atoms with Crippen molar-refractivity contribution in [3.05, 3.63) is 49.9 Å². The van der Waals surface area contributed by atoms with Crippen molar-refractivity contribution in [2.45, 2.75) is 6.42 Å². The van der Waals surface area contributed by atoms with Crippen LogP contribution in [0.3, 0.4) is 0 Å². The van der Waals surface area contributed by atoms with E-state index in [9.17, 15) is 0 Å². The molecule has 1 heterocycles. The van der Waals surface area contributed by atoms with Gasteiger partial charge in [0.1, 0.15) is 0 Å². The molecule has 0 spiro atoms. The van der Waals surface area contributed by atoms with E-state index in [1.54, 1.807) is 6.07 Å². The molecule has 0 amide bonds. The molecule has 1 aliphatic heterocycles. The Labute approximate surface area is 131 Å². The molecule has 0 saturated heterocycles. The Kier molecular flexibility index (Phi) is 3.57. The third kappa shape index (κ3) is 2.30. The van der Waals surface area contributed by atoms with Gasteiger partial charge in [-0.05, 0) is 29.7 Å². The summed E-state index contributed by atoms with van der Waals surface area (Å²) in [6, 6.07) is 7.75. The first kappa shape index (κ1) is 13.4. The van der Waals surface area contributed by atoms with Gasteiger partial charge in [0.2, 0.25) is 0 Å². The van der Waals surface area contributed by atoms with Crippen molar-refractivity contribution in [1.82, 2.24) is 0 Å².